The van der Waals surface area contributed by atoms with E-state index in [4.69, 9.17) is 10.6 Å². The normalized spacial score (nSPS) is 17.6. The Hall–Kier alpha value is -2.56. The number of benzene rings is 1. The van der Waals surface area contributed by atoms with E-state index < -0.39 is 5.91 Å². The molecule has 0 radical (unpaired) electrons. The lowest BCUT2D eigenvalue weighted by Crippen LogP contribution is -2.28. The van der Waals surface area contributed by atoms with Gasteiger partial charge in [0.2, 0.25) is 5.91 Å². The van der Waals surface area contributed by atoms with Gasteiger partial charge in [-0.2, -0.15) is 0 Å². The lowest BCUT2D eigenvalue weighted by Gasteiger charge is -2.31. The van der Waals surface area contributed by atoms with Crippen molar-refractivity contribution in [1.82, 2.24) is 4.57 Å². The van der Waals surface area contributed by atoms with E-state index in [0.717, 1.165) is 35.5 Å². The minimum atomic E-state index is -0.413. The molecule has 5 heteroatoms. The van der Waals surface area contributed by atoms with Gasteiger partial charge in [0.15, 0.2) is 0 Å². The maximum absolute atomic E-state index is 11.3. The Bertz CT molecular complexity index is 814. The first-order valence-electron chi connectivity index (χ1n) is 8.04. The van der Waals surface area contributed by atoms with Crippen LogP contribution in [0.1, 0.15) is 47.6 Å². The Balaban J connectivity index is 2.14. The van der Waals surface area contributed by atoms with Gasteiger partial charge in [0.05, 0.1) is 5.71 Å². The number of aryl methyl sites for hydroxylation is 1. The molecule has 0 unspecified atom stereocenters. The second-order valence-electron chi connectivity index (χ2n) is 7.13. The molecule has 1 aromatic carbocycles. The summed E-state index contributed by atoms with van der Waals surface area (Å²) >= 11 is 0. The fraction of sp³-hybridized carbons (Fsp3) is 0.368. The number of fused-ring (bicyclic) bond motifs is 1. The zero-order valence-corrected chi connectivity index (χ0v) is 14.6. The lowest BCUT2D eigenvalue weighted by molar-refractivity contribution is 0.100. The number of rotatable bonds is 3. The van der Waals surface area contributed by atoms with Crippen molar-refractivity contribution in [2.75, 3.05) is 7.11 Å². The molecule has 5 nitrogen and oxygen atoms in total. The van der Waals surface area contributed by atoms with Crippen molar-refractivity contribution >= 4 is 11.6 Å². The van der Waals surface area contributed by atoms with Crippen LogP contribution in [0.15, 0.2) is 35.5 Å². The molecule has 0 atom stereocenters. The molecule has 126 valence electrons. The highest BCUT2D eigenvalue weighted by Crippen LogP contribution is 2.38. The highest BCUT2D eigenvalue weighted by molar-refractivity contribution is 6.03. The number of amides is 1. The fourth-order valence-corrected chi connectivity index (χ4v) is 3.50. The van der Waals surface area contributed by atoms with Crippen LogP contribution < -0.4 is 5.73 Å². The number of nitrogens with zero attached hydrogens (tertiary/aromatic N) is 2. The molecular weight excluding hydrogens is 302 g/mol. The van der Waals surface area contributed by atoms with Crippen LogP contribution in [0.5, 0.6) is 0 Å². The molecule has 1 amide bonds. The van der Waals surface area contributed by atoms with E-state index in [9.17, 15) is 4.79 Å². The van der Waals surface area contributed by atoms with Gasteiger partial charge in [-0.3, -0.25) is 4.79 Å². The second kappa shape index (κ2) is 5.82. The predicted molar refractivity (Wildman–Crippen MR) is 94.7 cm³/mol. The Morgan fingerprint density at radius 3 is 2.50 bits per heavy atom. The van der Waals surface area contributed by atoms with E-state index in [0.29, 0.717) is 5.56 Å². The van der Waals surface area contributed by atoms with Crippen molar-refractivity contribution in [2.24, 2.45) is 16.3 Å². The van der Waals surface area contributed by atoms with Crippen molar-refractivity contribution < 1.29 is 9.63 Å². The van der Waals surface area contributed by atoms with E-state index in [-0.39, 0.29) is 5.41 Å². The summed E-state index contributed by atoms with van der Waals surface area (Å²) in [5, 5.41) is 4.25. The maximum atomic E-state index is 11.3. The van der Waals surface area contributed by atoms with Crippen molar-refractivity contribution in [3.05, 3.63) is 52.8 Å². The molecular formula is C19H23N3O2. The minimum absolute atomic E-state index is 0.111. The van der Waals surface area contributed by atoms with Gasteiger partial charge in [0.25, 0.3) is 0 Å². The predicted octanol–water partition coefficient (Wildman–Crippen LogP) is 3.21. The molecule has 2 N–H and O–H groups in total. The second-order valence-corrected chi connectivity index (χ2v) is 7.13. The van der Waals surface area contributed by atoms with Crippen molar-refractivity contribution in [3.63, 3.8) is 0 Å². The fourth-order valence-electron chi connectivity index (χ4n) is 3.50. The van der Waals surface area contributed by atoms with E-state index >= 15 is 0 Å². The number of hydrogen-bond donors (Lipinski definition) is 1. The molecule has 0 aliphatic heterocycles. The summed E-state index contributed by atoms with van der Waals surface area (Å²) in [6.45, 7) is 6.56. The molecule has 0 saturated carbocycles. The first-order chi connectivity index (χ1) is 11.3. The summed E-state index contributed by atoms with van der Waals surface area (Å²) in [6, 6.07) is 9.55. The topological polar surface area (TPSA) is 69.6 Å². The molecule has 0 bridgehead atoms. The van der Waals surface area contributed by atoms with Crippen LogP contribution in [0.4, 0.5) is 0 Å². The van der Waals surface area contributed by atoms with Crippen molar-refractivity contribution in [1.29, 1.82) is 0 Å². The number of primary amides is 1. The number of carbonyl (C=O) groups excluding carboxylic acids is 1. The van der Waals surface area contributed by atoms with Gasteiger partial charge in [-0.15, -0.1) is 0 Å². The van der Waals surface area contributed by atoms with E-state index in [2.05, 4.69) is 36.6 Å². The van der Waals surface area contributed by atoms with Gasteiger partial charge in [-0.1, -0.05) is 19.0 Å². The molecule has 2 aromatic rings. The molecule has 1 aliphatic rings. The van der Waals surface area contributed by atoms with E-state index in [1.165, 1.54) is 5.69 Å². The van der Waals surface area contributed by atoms with Crippen molar-refractivity contribution in [2.45, 2.75) is 33.6 Å². The molecule has 0 spiro atoms. The van der Waals surface area contributed by atoms with Crippen molar-refractivity contribution in [3.8, 4) is 5.69 Å². The number of carbonyl (C=O) groups is 1. The Labute approximate surface area is 142 Å². The zero-order chi connectivity index (χ0) is 17.5. The van der Waals surface area contributed by atoms with E-state index in [1.54, 1.807) is 19.2 Å². The summed E-state index contributed by atoms with van der Waals surface area (Å²) in [4.78, 5) is 16.3. The van der Waals surface area contributed by atoms with Gasteiger partial charge in [0, 0.05) is 28.2 Å². The summed E-state index contributed by atoms with van der Waals surface area (Å²) in [7, 11) is 1.58. The third-order valence-corrected chi connectivity index (χ3v) is 4.50. The number of aromatic nitrogens is 1. The van der Waals surface area contributed by atoms with Gasteiger partial charge in [0.1, 0.15) is 7.11 Å². The molecule has 24 heavy (non-hydrogen) atoms. The zero-order valence-electron chi connectivity index (χ0n) is 14.6. The van der Waals surface area contributed by atoms with Crippen LogP contribution in [0.25, 0.3) is 5.69 Å². The largest absolute Gasteiger partial charge is 0.399 e. The molecule has 0 saturated heterocycles. The van der Waals surface area contributed by atoms with Crippen LogP contribution >= 0.6 is 0 Å². The summed E-state index contributed by atoms with van der Waals surface area (Å²) in [5.41, 5.74) is 11.5. The smallest absolute Gasteiger partial charge is 0.248 e. The quantitative estimate of drug-likeness (QED) is 0.880. The van der Waals surface area contributed by atoms with Crippen LogP contribution in [-0.4, -0.2) is 23.3 Å². The van der Waals surface area contributed by atoms with Crippen LogP contribution in [0.2, 0.25) is 0 Å². The molecule has 0 fully saturated rings. The van der Waals surface area contributed by atoms with Crippen LogP contribution in [-0.2, 0) is 11.3 Å². The third kappa shape index (κ3) is 2.82. The Kier molecular flexibility index (Phi) is 3.95. The minimum Gasteiger partial charge on any atom is -0.399 e. The molecule has 3 rings (SSSR count). The first-order valence-corrected chi connectivity index (χ1v) is 8.04. The third-order valence-electron chi connectivity index (χ3n) is 4.50. The van der Waals surface area contributed by atoms with Gasteiger partial charge >= 0.3 is 0 Å². The van der Waals surface area contributed by atoms with Gasteiger partial charge in [-0.25, -0.2) is 0 Å². The molecule has 1 aliphatic carbocycles. The highest BCUT2D eigenvalue weighted by atomic mass is 16.6. The average molecular weight is 325 g/mol. The number of oxime groups is 1. The summed E-state index contributed by atoms with van der Waals surface area (Å²) in [6.07, 6.45) is 1.84. The Morgan fingerprint density at radius 2 is 1.92 bits per heavy atom. The molecule has 1 aromatic heterocycles. The van der Waals surface area contributed by atoms with Gasteiger partial charge in [-0.05, 0) is 55.5 Å². The summed E-state index contributed by atoms with van der Waals surface area (Å²) in [5.74, 6) is -0.413. The number of hydrogen-bond acceptors (Lipinski definition) is 3. The van der Waals surface area contributed by atoms with Crippen LogP contribution in [0.3, 0.4) is 0 Å². The van der Waals surface area contributed by atoms with Crippen LogP contribution in [0, 0.1) is 12.3 Å². The maximum Gasteiger partial charge on any atom is 0.248 e. The SMILES string of the molecule is CON=C1CC(C)(C)Cc2c1cc(C)n2-c1ccc(C(N)=O)cc1. The lowest BCUT2D eigenvalue weighted by atomic mass is 9.76. The summed E-state index contributed by atoms with van der Waals surface area (Å²) < 4.78 is 2.23. The Morgan fingerprint density at radius 1 is 1.25 bits per heavy atom. The molecule has 1 heterocycles. The monoisotopic (exact) mass is 325 g/mol. The van der Waals surface area contributed by atoms with Gasteiger partial charge < -0.3 is 15.1 Å². The average Bonchev–Trinajstić information content (AvgIpc) is 2.82. The van der Waals surface area contributed by atoms with E-state index in [1.807, 2.05) is 12.1 Å². The standard InChI is InChI=1S/C19H23N3O2/c1-12-9-15-16(21-24-4)10-19(2,3)11-17(15)22(12)14-7-5-13(6-8-14)18(20)23/h5-9H,10-11H2,1-4H3,(H2,20,23). The number of nitrogens with two attached hydrogens (primary N) is 1. The first kappa shape index (κ1) is 16.3. The highest BCUT2D eigenvalue weighted by Gasteiger charge is 2.33.